The molecule has 0 saturated carbocycles. The summed E-state index contributed by atoms with van der Waals surface area (Å²) in [5.74, 6) is 0.252. The highest BCUT2D eigenvalue weighted by molar-refractivity contribution is 7.20. The maximum absolute atomic E-state index is 12.3. The molecule has 0 bridgehead atoms. The molecule has 1 N–H and O–H groups in total. The third-order valence-electron chi connectivity index (χ3n) is 3.70. The van der Waals surface area contributed by atoms with E-state index in [2.05, 4.69) is 15.3 Å². The molecule has 0 aliphatic heterocycles. The minimum Gasteiger partial charge on any atom is -0.462 e. The molecule has 130 valence electrons. The third-order valence-corrected chi connectivity index (χ3v) is 5.03. The molecule has 25 heavy (non-hydrogen) atoms. The van der Waals surface area contributed by atoms with Gasteiger partial charge in [0.15, 0.2) is 0 Å². The number of nitrogens with zero attached hydrogens (tertiary/aromatic N) is 2. The first kappa shape index (κ1) is 17.6. The van der Waals surface area contributed by atoms with Crippen LogP contribution in [-0.4, -0.2) is 22.5 Å². The average molecular weight is 376 g/mol. The lowest BCUT2D eigenvalue weighted by Gasteiger charge is -2.08. The summed E-state index contributed by atoms with van der Waals surface area (Å²) >= 11 is 7.34. The van der Waals surface area contributed by atoms with Crippen molar-refractivity contribution in [3.63, 3.8) is 0 Å². The number of hydrogen-bond acceptors (Lipinski definition) is 6. The summed E-state index contributed by atoms with van der Waals surface area (Å²) in [6, 6.07) is 7.96. The van der Waals surface area contributed by atoms with Crippen LogP contribution < -0.4 is 5.32 Å². The van der Waals surface area contributed by atoms with Gasteiger partial charge in [0, 0.05) is 5.69 Å². The number of aryl methyl sites for hydroxylation is 2. The number of benzene rings is 1. The van der Waals surface area contributed by atoms with Crippen molar-refractivity contribution in [3.8, 4) is 0 Å². The average Bonchev–Trinajstić information content (AvgIpc) is 2.91. The van der Waals surface area contributed by atoms with Crippen LogP contribution >= 0.6 is 22.9 Å². The second kappa shape index (κ2) is 7.37. The predicted molar refractivity (Wildman–Crippen MR) is 102 cm³/mol. The molecule has 3 aromatic rings. The molecule has 3 rings (SSSR count). The van der Waals surface area contributed by atoms with Gasteiger partial charge in [-0.15, -0.1) is 11.3 Å². The molecule has 2 aromatic heterocycles. The fourth-order valence-electron chi connectivity index (χ4n) is 2.43. The number of ether oxygens (including phenoxy) is 1. The number of halogens is 1. The number of esters is 1. The molecule has 1 aromatic carbocycles. The van der Waals surface area contributed by atoms with Crippen LogP contribution in [0, 0.1) is 13.8 Å². The number of aromatic nitrogens is 2. The summed E-state index contributed by atoms with van der Waals surface area (Å²) in [7, 11) is 0. The quantitative estimate of drug-likeness (QED) is 0.486. The summed E-state index contributed by atoms with van der Waals surface area (Å²) < 4.78 is 5.26. The summed E-state index contributed by atoms with van der Waals surface area (Å²) in [6.07, 6.45) is 0.779. The third kappa shape index (κ3) is 3.75. The van der Waals surface area contributed by atoms with Crippen LogP contribution in [0.1, 0.15) is 34.1 Å². The molecule has 2 heterocycles. The van der Waals surface area contributed by atoms with E-state index in [1.807, 2.05) is 45.0 Å². The molecule has 0 fully saturated rings. The Morgan fingerprint density at radius 2 is 1.96 bits per heavy atom. The summed E-state index contributed by atoms with van der Waals surface area (Å²) in [5.41, 5.74) is 2.86. The van der Waals surface area contributed by atoms with E-state index >= 15 is 0 Å². The van der Waals surface area contributed by atoms with Crippen LogP contribution in [0.15, 0.2) is 24.3 Å². The molecular weight excluding hydrogens is 358 g/mol. The SMILES string of the molecule is CCCOC(=O)c1sc2nc(Cl)nc(Nc3ccc(C)cc3)c2c1C. The Labute approximate surface area is 155 Å². The number of nitrogens with one attached hydrogen (secondary N) is 1. The van der Waals surface area contributed by atoms with Gasteiger partial charge >= 0.3 is 5.97 Å². The molecule has 0 unspecified atom stereocenters. The van der Waals surface area contributed by atoms with Crippen molar-refractivity contribution in [2.24, 2.45) is 0 Å². The lowest BCUT2D eigenvalue weighted by molar-refractivity contribution is 0.0510. The largest absolute Gasteiger partial charge is 0.462 e. The van der Waals surface area contributed by atoms with Crippen LogP contribution in [0.2, 0.25) is 5.28 Å². The Morgan fingerprint density at radius 3 is 2.64 bits per heavy atom. The molecule has 5 nitrogen and oxygen atoms in total. The van der Waals surface area contributed by atoms with E-state index in [9.17, 15) is 4.79 Å². The van der Waals surface area contributed by atoms with E-state index in [1.165, 1.54) is 16.9 Å². The second-order valence-electron chi connectivity index (χ2n) is 5.70. The smallest absolute Gasteiger partial charge is 0.348 e. The van der Waals surface area contributed by atoms with E-state index < -0.39 is 0 Å². The Kier molecular flexibility index (Phi) is 5.20. The zero-order valence-corrected chi connectivity index (χ0v) is 15.8. The molecule has 7 heteroatoms. The van der Waals surface area contributed by atoms with Crippen LogP contribution in [0.4, 0.5) is 11.5 Å². The van der Waals surface area contributed by atoms with Crippen molar-refractivity contribution < 1.29 is 9.53 Å². The summed E-state index contributed by atoms with van der Waals surface area (Å²) in [5, 5.41) is 4.20. The fraction of sp³-hybridized carbons (Fsp3) is 0.278. The van der Waals surface area contributed by atoms with Crippen LogP contribution in [0.5, 0.6) is 0 Å². The number of hydrogen-bond donors (Lipinski definition) is 1. The maximum atomic E-state index is 12.3. The monoisotopic (exact) mass is 375 g/mol. The van der Waals surface area contributed by atoms with Crippen molar-refractivity contribution in [3.05, 3.63) is 45.6 Å². The van der Waals surface area contributed by atoms with Gasteiger partial charge in [-0.05, 0) is 49.6 Å². The molecular formula is C18H18ClN3O2S. The second-order valence-corrected chi connectivity index (χ2v) is 7.04. The number of thiophene rings is 1. The highest BCUT2D eigenvalue weighted by Crippen LogP contribution is 2.36. The first-order valence-electron chi connectivity index (χ1n) is 7.97. The van der Waals surface area contributed by atoms with E-state index in [0.29, 0.717) is 22.1 Å². The minimum absolute atomic E-state index is 0.136. The Hall–Kier alpha value is -2.18. The molecule has 0 saturated heterocycles. The minimum atomic E-state index is -0.334. The molecule has 0 spiro atoms. The molecule has 0 aliphatic carbocycles. The summed E-state index contributed by atoms with van der Waals surface area (Å²) in [4.78, 5) is 22.0. The Bertz CT molecular complexity index is 922. The lowest BCUT2D eigenvalue weighted by atomic mass is 10.2. The number of carbonyl (C=O) groups is 1. The number of rotatable bonds is 5. The first-order valence-corrected chi connectivity index (χ1v) is 9.16. The van der Waals surface area contributed by atoms with Crippen molar-refractivity contribution in [2.75, 3.05) is 11.9 Å². The van der Waals surface area contributed by atoms with Crippen molar-refractivity contribution in [1.82, 2.24) is 9.97 Å². The maximum Gasteiger partial charge on any atom is 0.348 e. The highest BCUT2D eigenvalue weighted by Gasteiger charge is 2.21. The zero-order chi connectivity index (χ0) is 18.0. The van der Waals surface area contributed by atoms with Gasteiger partial charge in [-0.2, -0.15) is 4.98 Å². The first-order chi connectivity index (χ1) is 12.0. The van der Waals surface area contributed by atoms with E-state index in [4.69, 9.17) is 16.3 Å². The molecule has 0 aliphatic rings. The van der Waals surface area contributed by atoms with E-state index in [0.717, 1.165) is 23.1 Å². The molecule has 0 radical (unpaired) electrons. The van der Waals surface area contributed by atoms with Crippen LogP contribution in [0.3, 0.4) is 0 Å². The fourth-order valence-corrected chi connectivity index (χ4v) is 3.73. The molecule has 0 amide bonds. The van der Waals surface area contributed by atoms with Gasteiger partial charge in [-0.3, -0.25) is 0 Å². The lowest BCUT2D eigenvalue weighted by Crippen LogP contribution is -2.05. The van der Waals surface area contributed by atoms with Crippen molar-refractivity contribution >= 4 is 50.6 Å². The molecule has 0 atom stereocenters. The number of carbonyl (C=O) groups excluding carboxylic acids is 1. The van der Waals surface area contributed by atoms with Gasteiger partial charge in [0.1, 0.15) is 15.5 Å². The topological polar surface area (TPSA) is 64.1 Å². The zero-order valence-electron chi connectivity index (χ0n) is 14.2. The van der Waals surface area contributed by atoms with Gasteiger partial charge in [0.05, 0.1) is 12.0 Å². The predicted octanol–water partition coefficient (Wildman–Crippen LogP) is 5.27. The van der Waals surface area contributed by atoms with Crippen LogP contribution in [-0.2, 0) is 4.74 Å². The van der Waals surface area contributed by atoms with E-state index in [-0.39, 0.29) is 11.3 Å². The van der Waals surface area contributed by atoms with Gasteiger partial charge in [0.2, 0.25) is 5.28 Å². The number of fused-ring (bicyclic) bond motifs is 1. The van der Waals surface area contributed by atoms with Gasteiger partial charge < -0.3 is 10.1 Å². The normalized spacial score (nSPS) is 10.9. The van der Waals surface area contributed by atoms with E-state index in [1.54, 1.807) is 0 Å². The Balaban J connectivity index is 2.04. The Morgan fingerprint density at radius 1 is 1.24 bits per heavy atom. The van der Waals surface area contributed by atoms with Gasteiger partial charge in [-0.25, -0.2) is 9.78 Å². The standard InChI is InChI=1S/C18H18ClN3O2S/c1-4-9-24-17(23)14-11(3)13-15(21-18(19)22-16(13)25-14)20-12-7-5-10(2)6-8-12/h5-8H,4,9H2,1-3H3,(H,20,21,22). The highest BCUT2D eigenvalue weighted by atomic mass is 35.5. The van der Waals surface area contributed by atoms with Crippen LogP contribution in [0.25, 0.3) is 10.2 Å². The summed E-state index contributed by atoms with van der Waals surface area (Å²) in [6.45, 7) is 6.26. The van der Waals surface area contributed by atoms with Crippen molar-refractivity contribution in [2.45, 2.75) is 27.2 Å². The van der Waals surface area contributed by atoms with Gasteiger partial charge in [-0.1, -0.05) is 24.6 Å². The number of anilines is 2. The van der Waals surface area contributed by atoms with Crippen molar-refractivity contribution in [1.29, 1.82) is 0 Å². The van der Waals surface area contributed by atoms with Gasteiger partial charge in [0.25, 0.3) is 0 Å².